The maximum Gasteiger partial charge on any atom is 0.294 e. The van der Waals surface area contributed by atoms with Gasteiger partial charge in [-0.1, -0.05) is 11.6 Å². The second-order valence-electron chi connectivity index (χ2n) is 7.69. The highest BCUT2D eigenvalue weighted by Gasteiger charge is 2.27. The maximum absolute atomic E-state index is 13.1. The molecule has 3 heterocycles. The lowest BCUT2D eigenvalue weighted by Crippen LogP contribution is -2.48. The number of nitro groups is 1. The van der Waals surface area contributed by atoms with Crippen LogP contribution in [0.1, 0.15) is 9.67 Å². The topological polar surface area (TPSA) is 85.2 Å². The van der Waals surface area contributed by atoms with Crippen molar-refractivity contribution in [3.63, 3.8) is 0 Å². The van der Waals surface area contributed by atoms with Gasteiger partial charge in [-0.3, -0.25) is 14.9 Å². The lowest BCUT2D eigenvalue weighted by molar-refractivity contribution is -0.384. The number of thiophene rings is 1. The number of carbonyl (C=O) groups excluding carboxylic acids is 1. The minimum Gasteiger partial charge on any atom is -0.486 e. The first-order valence-corrected chi connectivity index (χ1v) is 11.7. The molecule has 0 aliphatic carbocycles. The van der Waals surface area contributed by atoms with Crippen LogP contribution in [0.4, 0.5) is 11.4 Å². The van der Waals surface area contributed by atoms with Crippen molar-refractivity contribution in [3.8, 4) is 21.9 Å². The second kappa shape index (κ2) is 8.92. The van der Waals surface area contributed by atoms with E-state index in [1.54, 1.807) is 17.0 Å². The fourth-order valence-electron chi connectivity index (χ4n) is 4.02. The maximum atomic E-state index is 13.1. The molecular formula is C23H20ClN3O5S. The van der Waals surface area contributed by atoms with E-state index in [4.69, 9.17) is 21.1 Å². The van der Waals surface area contributed by atoms with Crippen molar-refractivity contribution in [1.29, 1.82) is 0 Å². The molecule has 3 aromatic rings. The Bertz CT molecular complexity index is 1220. The van der Waals surface area contributed by atoms with Crippen LogP contribution in [0.5, 0.6) is 11.5 Å². The largest absolute Gasteiger partial charge is 0.486 e. The van der Waals surface area contributed by atoms with Gasteiger partial charge in [0.25, 0.3) is 11.6 Å². The molecule has 170 valence electrons. The number of carbonyl (C=O) groups is 1. The fourth-order valence-corrected chi connectivity index (χ4v) is 5.16. The average molecular weight is 486 g/mol. The molecule has 0 spiro atoms. The van der Waals surface area contributed by atoms with Gasteiger partial charge in [0.2, 0.25) is 0 Å². The zero-order valence-electron chi connectivity index (χ0n) is 17.5. The lowest BCUT2D eigenvalue weighted by Gasteiger charge is -2.35. The van der Waals surface area contributed by atoms with Gasteiger partial charge in [0.1, 0.15) is 18.9 Å². The first-order chi connectivity index (χ1) is 16.0. The molecule has 1 saturated heterocycles. The zero-order chi connectivity index (χ0) is 22.9. The normalized spacial score (nSPS) is 15.4. The van der Waals surface area contributed by atoms with Crippen molar-refractivity contribution in [2.45, 2.75) is 0 Å². The van der Waals surface area contributed by atoms with Crippen LogP contribution in [0.3, 0.4) is 0 Å². The third-order valence-corrected chi connectivity index (χ3v) is 7.04. The summed E-state index contributed by atoms with van der Waals surface area (Å²) >= 11 is 7.36. The third-order valence-electron chi connectivity index (χ3n) is 5.69. The number of fused-ring (bicyclic) bond motifs is 1. The molecule has 8 nitrogen and oxygen atoms in total. The average Bonchev–Trinajstić information content (AvgIpc) is 3.34. The Morgan fingerprint density at radius 3 is 2.48 bits per heavy atom. The van der Waals surface area contributed by atoms with E-state index in [0.29, 0.717) is 60.7 Å². The number of halogens is 1. The Morgan fingerprint density at radius 2 is 1.73 bits per heavy atom. The van der Waals surface area contributed by atoms with E-state index in [0.717, 1.165) is 16.2 Å². The molecule has 10 heteroatoms. The van der Waals surface area contributed by atoms with Gasteiger partial charge in [0.05, 0.1) is 9.80 Å². The standard InChI is InChI=1S/C23H20ClN3O5S/c24-16-2-3-17(18(14-16)27(29)30)25-7-9-26(10-8-25)23(28)22-6-5-21(33-22)15-1-4-19-20(13-15)32-12-11-31-19/h1-6,13-14H,7-12H2. The van der Waals surface area contributed by atoms with Gasteiger partial charge in [-0.25, -0.2) is 0 Å². The summed E-state index contributed by atoms with van der Waals surface area (Å²) in [4.78, 5) is 29.4. The molecule has 2 aromatic carbocycles. The molecule has 1 aromatic heterocycles. The van der Waals surface area contributed by atoms with Crippen molar-refractivity contribution in [3.05, 3.63) is 68.5 Å². The zero-order valence-corrected chi connectivity index (χ0v) is 19.1. The minimum atomic E-state index is -0.427. The summed E-state index contributed by atoms with van der Waals surface area (Å²) in [5, 5.41) is 11.7. The lowest BCUT2D eigenvalue weighted by atomic mass is 10.1. The van der Waals surface area contributed by atoms with E-state index < -0.39 is 4.92 Å². The quantitative estimate of drug-likeness (QED) is 0.393. The number of nitrogens with zero attached hydrogens (tertiary/aromatic N) is 3. The molecule has 0 N–H and O–H groups in total. The Kier molecular flexibility index (Phi) is 5.82. The summed E-state index contributed by atoms with van der Waals surface area (Å²) in [6.45, 7) is 3.05. The number of hydrogen-bond acceptors (Lipinski definition) is 7. The van der Waals surface area contributed by atoms with Gasteiger partial charge in [-0.15, -0.1) is 11.3 Å². The molecule has 0 radical (unpaired) electrons. The van der Waals surface area contributed by atoms with Crippen molar-refractivity contribution < 1.29 is 19.2 Å². The number of ether oxygens (including phenoxy) is 2. The summed E-state index contributed by atoms with van der Waals surface area (Å²) in [6, 6.07) is 14.2. The number of nitro benzene ring substituents is 1. The van der Waals surface area contributed by atoms with Crippen LogP contribution in [0.15, 0.2) is 48.5 Å². The number of benzene rings is 2. The van der Waals surface area contributed by atoms with Crippen molar-refractivity contribution in [2.24, 2.45) is 0 Å². The van der Waals surface area contributed by atoms with Crippen LogP contribution in [0.25, 0.3) is 10.4 Å². The monoisotopic (exact) mass is 485 g/mol. The Labute approximate surface area is 199 Å². The number of amides is 1. The van der Waals surface area contributed by atoms with Crippen LogP contribution >= 0.6 is 22.9 Å². The van der Waals surface area contributed by atoms with Gasteiger partial charge in [-0.2, -0.15) is 0 Å². The van der Waals surface area contributed by atoms with E-state index >= 15 is 0 Å². The summed E-state index contributed by atoms with van der Waals surface area (Å²) in [5.41, 5.74) is 1.47. The van der Waals surface area contributed by atoms with Gasteiger partial charge in [-0.05, 0) is 48.0 Å². The molecule has 1 fully saturated rings. The summed E-state index contributed by atoms with van der Waals surface area (Å²) < 4.78 is 11.2. The highest BCUT2D eigenvalue weighted by atomic mass is 35.5. The van der Waals surface area contributed by atoms with E-state index in [1.807, 2.05) is 35.2 Å². The summed E-state index contributed by atoms with van der Waals surface area (Å²) in [7, 11) is 0. The first-order valence-electron chi connectivity index (χ1n) is 10.5. The smallest absolute Gasteiger partial charge is 0.294 e. The van der Waals surface area contributed by atoms with E-state index in [2.05, 4.69) is 0 Å². The van der Waals surface area contributed by atoms with Gasteiger partial charge in [0, 0.05) is 42.1 Å². The highest BCUT2D eigenvalue weighted by molar-refractivity contribution is 7.17. The van der Waals surface area contributed by atoms with E-state index in [1.165, 1.54) is 17.4 Å². The van der Waals surface area contributed by atoms with Gasteiger partial charge in [0.15, 0.2) is 11.5 Å². The SMILES string of the molecule is O=C(c1ccc(-c2ccc3c(c2)OCCO3)s1)N1CCN(c2ccc(Cl)cc2[N+](=O)[O-])CC1. The molecule has 33 heavy (non-hydrogen) atoms. The molecular weight excluding hydrogens is 466 g/mol. The van der Waals surface area contributed by atoms with Crippen LogP contribution in [0.2, 0.25) is 5.02 Å². The highest BCUT2D eigenvalue weighted by Crippen LogP contribution is 2.37. The molecule has 0 atom stereocenters. The van der Waals surface area contributed by atoms with E-state index in [-0.39, 0.29) is 11.6 Å². The van der Waals surface area contributed by atoms with Crippen LogP contribution in [0, 0.1) is 10.1 Å². The van der Waals surface area contributed by atoms with Crippen molar-refractivity contribution in [2.75, 3.05) is 44.3 Å². The first kappa shape index (κ1) is 21.5. The predicted octanol–water partition coefficient (Wildman–Crippen LogP) is 4.71. The Hall–Kier alpha value is -3.30. The van der Waals surface area contributed by atoms with Gasteiger partial charge >= 0.3 is 0 Å². The molecule has 0 unspecified atom stereocenters. The molecule has 5 rings (SSSR count). The summed E-state index contributed by atoms with van der Waals surface area (Å²) in [6.07, 6.45) is 0. The number of rotatable bonds is 4. The van der Waals surface area contributed by atoms with Crippen molar-refractivity contribution >= 4 is 40.2 Å². The van der Waals surface area contributed by atoms with Gasteiger partial charge < -0.3 is 19.3 Å². The third kappa shape index (κ3) is 4.34. The second-order valence-corrected chi connectivity index (χ2v) is 9.21. The van der Waals surface area contributed by atoms with Crippen LogP contribution in [-0.2, 0) is 0 Å². The number of anilines is 1. The predicted molar refractivity (Wildman–Crippen MR) is 127 cm³/mol. The number of piperazine rings is 1. The number of hydrogen-bond donors (Lipinski definition) is 0. The molecule has 1 amide bonds. The van der Waals surface area contributed by atoms with Crippen LogP contribution in [-0.4, -0.2) is 55.1 Å². The molecule has 0 saturated carbocycles. The molecule has 2 aliphatic heterocycles. The van der Waals surface area contributed by atoms with Crippen LogP contribution < -0.4 is 14.4 Å². The Morgan fingerprint density at radius 1 is 0.970 bits per heavy atom. The minimum absolute atomic E-state index is 0.0235. The molecule has 0 bridgehead atoms. The Balaban J connectivity index is 1.27. The molecule has 2 aliphatic rings. The van der Waals surface area contributed by atoms with E-state index in [9.17, 15) is 14.9 Å². The summed E-state index contributed by atoms with van der Waals surface area (Å²) in [5.74, 6) is 1.41. The van der Waals surface area contributed by atoms with Crippen molar-refractivity contribution in [1.82, 2.24) is 4.90 Å². The fraction of sp³-hybridized carbons (Fsp3) is 0.261.